The molecule has 0 aliphatic rings. The lowest BCUT2D eigenvalue weighted by Crippen LogP contribution is -2.19. The lowest BCUT2D eigenvalue weighted by molar-refractivity contribution is 0.0961. The summed E-state index contributed by atoms with van der Waals surface area (Å²) in [5.74, 6) is -1.48. The van der Waals surface area contributed by atoms with E-state index in [2.05, 4.69) is 15.7 Å². The molecule has 0 bridgehead atoms. The van der Waals surface area contributed by atoms with E-state index in [0.29, 0.717) is 5.56 Å². The minimum absolute atomic E-state index is 0.0313. The molecule has 9 heteroatoms. The summed E-state index contributed by atoms with van der Waals surface area (Å²) in [5, 5.41) is 9.30. The Morgan fingerprint density at radius 1 is 1.19 bits per heavy atom. The zero-order valence-electron chi connectivity index (χ0n) is 14.2. The summed E-state index contributed by atoms with van der Waals surface area (Å²) in [6.07, 6.45) is 1.23. The number of amides is 2. The van der Waals surface area contributed by atoms with Gasteiger partial charge in [-0.3, -0.25) is 9.59 Å². The third kappa shape index (κ3) is 3.61. The molecule has 4 N–H and O–H groups in total. The summed E-state index contributed by atoms with van der Waals surface area (Å²) in [4.78, 5) is 24.3. The lowest BCUT2D eigenvalue weighted by Gasteiger charge is -2.09. The maximum absolute atomic E-state index is 13.9. The second-order valence-electron chi connectivity index (χ2n) is 5.53. The summed E-state index contributed by atoms with van der Waals surface area (Å²) in [7, 11) is 1.49. The first-order chi connectivity index (χ1) is 12.9. The third-order valence-corrected chi connectivity index (χ3v) is 4.17. The van der Waals surface area contributed by atoms with Crippen LogP contribution in [0.15, 0.2) is 48.7 Å². The van der Waals surface area contributed by atoms with Gasteiger partial charge in [-0.1, -0.05) is 23.7 Å². The van der Waals surface area contributed by atoms with Crippen LogP contribution in [0.3, 0.4) is 0 Å². The van der Waals surface area contributed by atoms with Gasteiger partial charge in [0, 0.05) is 12.6 Å². The minimum atomic E-state index is -0.592. The molecule has 3 aromatic rings. The highest BCUT2D eigenvalue weighted by molar-refractivity contribution is 6.34. The fourth-order valence-electron chi connectivity index (χ4n) is 2.44. The van der Waals surface area contributed by atoms with Gasteiger partial charge >= 0.3 is 0 Å². The van der Waals surface area contributed by atoms with Crippen molar-refractivity contribution in [1.29, 1.82) is 0 Å². The molecule has 7 nitrogen and oxygen atoms in total. The van der Waals surface area contributed by atoms with Gasteiger partial charge in [0.1, 0.15) is 22.9 Å². The van der Waals surface area contributed by atoms with E-state index < -0.39 is 11.7 Å². The average Bonchev–Trinajstić information content (AvgIpc) is 3.04. The van der Waals surface area contributed by atoms with Gasteiger partial charge in [-0.15, -0.1) is 0 Å². The molecule has 0 unspecified atom stereocenters. The Morgan fingerprint density at radius 3 is 2.63 bits per heavy atom. The van der Waals surface area contributed by atoms with E-state index in [1.807, 2.05) is 0 Å². The molecule has 0 aliphatic carbocycles. The van der Waals surface area contributed by atoms with Crippen LogP contribution in [0.25, 0.3) is 5.69 Å². The molecule has 0 saturated carbocycles. The summed E-state index contributed by atoms with van der Waals surface area (Å²) in [6.45, 7) is 0. The predicted octanol–water partition coefficient (Wildman–Crippen LogP) is 2.86. The molecular weight excluding hydrogens is 373 g/mol. The highest BCUT2D eigenvalue weighted by atomic mass is 35.5. The molecule has 0 saturated heterocycles. The highest BCUT2D eigenvalue weighted by Gasteiger charge is 2.19. The Labute approximate surface area is 158 Å². The van der Waals surface area contributed by atoms with Crippen LogP contribution in [0.1, 0.15) is 20.7 Å². The molecular formula is C18H15ClFN5O2. The minimum Gasteiger partial charge on any atom is -0.383 e. The maximum Gasteiger partial charge on any atom is 0.261 e. The average molecular weight is 388 g/mol. The summed E-state index contributed by atoms with van der Waals surface area (Å²) < 4.78 is 15.1. The molecule has 0 radical (unpaired) electrons. The second kappa shape index (κ2) is 7.46. The highest BCUT2D eigenvalue weighted by Crippen LogP contribution is 2.25. The van der Waals surface area contributed by atoms with Crippen molar-refractivity contribution < 1.29 is 14.0 Å². The SMILES string of the molecule is CNC(=O)c1ccc(Cl)c(NC(=O)c2cnn(-c3ccccc3F)c2N)c1. The van der Waals surface area contributed by atoms with Crippen LogP contribution in [-0.2, 0) is 0 Å². The first-order valence-electron chi connectivity index (χ1n) is 7.83. The molecule has 2 aromatic carbocycles. The van der Waals surface area contributed by atoms with Crippen LogP contribution >= 0.6 is 11.6 Å². The first kappa shape index (κ1) is 18.4. The van der Waals surface area contributed by atoms with Crippen molar-refractivity contribution in [3.63, 3.8) is 0 Å². The van der Waals surface area contributed by atoms with Crippen LogP contribution in [0.2, 0.25) is 5.02 Å². The largest absolute Gasteiger partial charge is 0.383 e. The molecule has 138 valence electrons. The molecule has 0 fully saturated rings. The van der Waals surface area contributed by atoms with Gasteiger partial charge in [0.15, 0.2) is 0 Å². The van der Waals surface area contributed by atoms with Gasteiger partial charge in [-0.05, 0) is 30.3 Å². The normalized spacial score (nSPS) is 10.5. The number of para-hydroxylation sites is 1. The number of carbonyl (C=O) groups is 2. The van der Waals surface area contributed by atoms with E-state index >= 15 is 0 Å². The number of hydrogen-bond acceptors (Lipinski definition) is 4. The second-order valence-corrected chi connectivity index (χ2v) is 5.94. The number of carbonyl (C=O) groups excluding carboxylic acids is 2. The van der Waals surface area contributed by atoms with Crippen LogP contribution in [0.4, 0.5) is 15.9 Å². The zero-order valence-corrected chi connectivity index (χ0v) is 14.9. The smallest absolute Gasteiger partial charge is 0.261 e. The maximum atomic E-state index is 13.9. The van der Waals surface area contributed by atoms with Gasteiger partial charge in [0.2, 0.25) is 0 Å². The van der Waals surface area contributed by atoms with Crippen LogP contribution in [0.5, 0.6) is 0 Å². The number of nitrogen functional groups attached to an aromatic ring is 1. The molecule has 0 spiro atoms. The standard InChI is InChI=1S/C18H15ClFN5O2/c1-22-17(26)10-6-7-12(19)14(8-10)24-18(27)11-9-23-25(16(11)21)15-5-3-2-4-13(15)20/h2-9H,21H2,1H3,(H,22,26)(H,24,27). The number of rotatable bonds is 4. The van der Waals surface area contributed by atoms with E-state index in [4.69, 9.17) is 17.3 Å². The first-order valence-corrected chi connectivity index (χ1v) is 8.21. The Kier molecular flexibility index (Phi) is 5.09. The molecule has 0 atom stereocenters. The number of nitrogens with zero attached hydrogens (tertiary/aromatic N) is 2. The van der Waals surface area contributed by atoms with Crippen molar-refractivity contribution in [3.05, 3.63) is 70.6 Å². The Morgan fingerprint density at radius 2 is 1.93 bits per heavy atom. The topological polar surface area (TPSA) is 102 Å². The fourth-order valence-corrected chi connectivity index (χ4v) is 2.61. The van der Waals surface area contributed by atoms with Crippen molar-refractivity contribution in [1.82, 2.24) is 15.1 Å². The van der Waals surface area contributed by atoms with Gasteiger partial charge in [0.25, 0.3) is 11.8 Å². The number of benzene rings is 2. The van der Waals surface area contributed by atoms with Crippen molar-refractivity contribution in [3.8, 4) is 5.69 Å². The van der Waals surface area contributed by atoms with Crippen LogP contribution < -0.4 is 16.4 Å². The van der Waals surface area contributed by atoms with E-state index in [9.17, 15) is 14.0 Å². The fraction of sp³-hybridized carbons (Fsp3) is 0.0556. The van der Waals surface area contributed by atoms with Gasteiger partial charge in [0.05, 0.1) is 16.9 Å². The third-order valence-electron chi connectivity index (χ3n) is 3.84. The van der Waals surface area contributed by atoms with E-state index in [1.54, 1.807) is 6.07 Å². The molecule has 3 rings (SSSR count). The van der Waals surface area contributed by atoms with Gasteiger partial charge < -0.3 is 16.4 Å². The number of nitrogens with one attached hydrogen (secondary N) is 2. The molecule has 0 aliphatic heterocycles. The van der Waals surface area contributed by atoms with Crippen molar-refractivity contribution in [2.75, 3.05) is 18.1 Å². The van der Waals surface area contributed by atoms with Crippen LogP contribution in [-0.4, -0.2) is 28.6 Å². The van der Waals surface area contributed by atoms with Crippen molar-refractivity contribution >= 4 is 34.9 Å². The number of aromatic nitrogens is 2. The molecule has 1 aromatic heterocycles. The summed E-state index contributed by atoms with van der Waals surface area (Å²) in [6, 6.07) is 10.4. The van der Waals surface area contributed by atoms with Crippen molar-refractivity contribution in [2.45, 2.75) is 0 Å². The van der Waals surface area contributed by atoms with E-state index in [-0.39, 0.29) is 33.7 Å². The number of halogens is 2. The van der Waals surface area contributed by atoms with Crippen molar-refractivity contribution in [2.24, 2.45) is 0 Å². The summed E-state index contributed by atoms with van der Waals surface area (Å²) >= 11 is 6.09. The summed E-state index contributed by atoms with van der Waals surface area (Å²) in [5.41, 5.74) is 6.70. The predicted molar refractivity (Wildman–Crippen MR) is 101 cm³/mol. The van der Waals surface area contributed by atoms with E-state index in [1.165, 1.54) is 49.6 Å². The molecule has 2 amide bonds. The Balaban J connectivity index is 1.90. The van der Waals surface area contributed by atoms with Gasteiger partial charge in [-0.2, -0.15) is 5.10 Å². The van der Waals surface area contributed by atoms with Crippen LogP contribution in [0, 0.1) is 5.82 Å². The number of hydrogen-bond donors (Lipinski definition) is 3. The monoisotopic (exact) mass is 387 g/mol. The lowest BCUT2D eigenvalue weighted by atomic mass is 10.2. The number of anilines is 2. The quantitative estimate of drug-likeness (QED) is 0.640. The Hall–Kier alpha value is -3.39. The molecule has 1 heterocycles. The Bertz CT molecular complexity index is 1030. The van der Waals surface area contributed by atoms with E-state index in [0.717, 1.165) is 4.68 Å². The number of nitrogens with two attached hydrogens (primary N) is 1. The molecule has 27 heavy (non-hydrogen) atoms. The zero-order chi connectivity index (χ0) is 19.6. The van der Waals surface area contributed by atoms with Gasteiger partial charge in [-0.25, -0.2) is 9.07 Å².